The number of fused-ring (bicyclic) bond motifs is 1. The van der Waals surface area contributed by atoms with Gasteiger partial charge in [-0.15, -0.1) is 24.9 Å². The van der Waals surface area contributed by atoms with Crippen LogP contribution in [0.1, 0.15) is 33.1 Å². The van der Waals surface area contributed by atoms with Gasteiger partial charge in [-0.3, -0.25) is 14.4 Å². The van der Waals surface area contributed by atoms with Crippen molar-refractivity contribution in [1.82, 2.24) is 4.90 Å². The van der Waals surface area contributed by atoms with Crippen LogP contribution in [-0.4, -0.2) is 83.2 Å². The number of amides is 3. The zero-order valence-corrected chi connectivity index (χ0v) is 27.1. The van der Waals surface area contributed by atoms with Crippen molar-refractivity contribution in [3.05, 3.63) is 73.8 Å². The second-order valence-electron chi connectivity index (χ2n) is 11.9. The average molecular weight is 634 g/mol. The van der Waals surface area contributed by atoms with Gasteiger partial charge in [0.1, 0.15) is 17.5 Å². The fourth-order valence-electron chi connectivity index (χ4n) is 7.43. The van der Waals surface area contributed by atoms with E-state index in [0.29, 0.717) is 48.7 Å². The first kappa shape index (κ1) is 32.6. The number of hydrogen-bond donors (Lipinski definition) is 1. The van der Waals surface area contributed by atoms with Gasteiger partial charge >= 0.3 is 0 Å². The Morgan fingerprint density at radius 1 is 1.00 bits per heavy atom. The third-order valence-electron chi connectivity index (χ3n) is 9.33. The Kier molecular flexibility index (Phi) is 9.65. The van der Waals surface area contributed by atoms with Gasteiger partial charge in [0.25, 0.3) is 5.91 Å². The molecule has 3 saturated heterocycles. The van der Waals surface area contributed by atoms with Crippen molar-refractivity contribution in [3.63, 3.8) is 0 Å². The van der Waals surface area contributed by atoms with Crippen molar-refractivity contribution in [1.29, 1.82) is 0 Å². The molecule has 1 spiro atoms. The Balaban J connectivity index is 1.55. The summed E-state index contributed by atoms with van der Waals surface area (Å²) >= 11 is 1.63. The Morgan fingerprint density at radius 2 is 1.58 bits per heavy atom. The van der Waals surface area contributed by atoms with Gasteiger partial charge in [-0.2, -0.15) is 0 Å². The smallest absolute Gasteiger partial charge is 0.251 e. The lowest BCUT2D eigenvalue weighted by molar-refractivity contribution is -0.139. The van der Waals surface area contributed by atoms with E-state index in [1.807, 2.05) is 43.3 Å². The largest absolute Gasteiger partial charge is 0.497 e. The fourth-order valence-corrected chi connectivity index (χ4v) is 9.78. The van der Waals surface area contributed by atoms with Crippen molar-refractivity contribution < 1.29 is 29.0 Å². The van der Waals surface area contributed by atoms with E-state index in [1.165, 1.54) is 0 Å². The molecule has 2 aromatic carbocycles. The zero-order chi connectivity index (χ0) is 32.4. The first-order chi connectivity index (χ1) is 21.7. The number of likely N-dealkylation sites (tertiary alicyclic amines) is 1. The first-order valence-electron chi connectivity index (χ1n) is 15.5. The Labute approximate surface area is 269 Å². The molecule has 5 atom stereocenters. The molecule has 0 radical (unpaired) electrons. The van der Waals surface area contributed by atoms with Crippen LogP contribution in [0.15, 0.2) is 73.8 Å². The summed E-state index contributed by atoms with van der Waals surface area (Å²) < 4.78 is 9.60. The van der Waals surface area contributed by atoms with Crippen molar-refractivity contribution in [2.75, 3.05) is 49.8 Å². The van der Waals surface area contributed by atoms with E-state index in [2.05, 4.69) is 20.1 Å². The summed E-state index contributed by atoms with van der Waals surface area (Å²) in [6.07, 6.45) is 5.02. The molecule has 2 bridgehead atoms. The van der Waals surface area contributed by atoms with Crippen molar-refractivity contribution in [2.45, 2.75) is 48.6 Å². The van der Waals surface area contributed by atoms with Gasteiger partial charge in [0.15, 0.2) is 0 Å². The summed E-state index contributed by atoms with van der Waals surface area (Å²) in [5, 5.41) is 9.74. The maximum Gasteiger partial charge on any atom is 0.251 e. The Morgan fingerprint density at radius 3 is 2.11 bits per heavy atom. The number of thioether (sulfide) groups is 1. The number of benzene rings is 2. The molecule has 2 aromatic rings. The van der Waals surface area contributed by atoms with Crippen molar-refractivity contribution in [3.8, 4) is 11.5 Å². The van der Waals surface area contributed by atoms with Crippen LogP contribution < -0.4 is 19.3 Å². The molecule has 1 N–H and O–H groups in total. The highest BCUT2D eigenvalue weighted by molar-refractivity contribution is 8.02. The highest BCUT2D eigenvalue weighted by atomic mass is 32.2. The van der Waals surface area contributed by atoms with Gasteiger partial charge in [-0.05, 0) is 81.6 Å². The predicted octanol–water partition coefficient (Wildman–Crippen LogP) is 4.70. The lowest BCUT2D eigenvalue weighted by atomic mass is 9.66. The summed E-state index contributed by atoms with van der Waals surface area (Å²) in [7, 11) is 1.59. The topological polar surface area (TPSA) is 99.6 Å². The molecule has 240 valence electrons. The van der Waals surface area contributed by atoms with E-state index in [9.17, 15) is 19.5 Å². The molecule has 3 fully saturated rings. The standard InChI is InChI=1S/C35H43N3O6S/c1-6-20-36(24-12-16-27(17-13-24)44-8-3)31(40)28-29-32(41)38(22-9-23-39)30(35(29)19-18-34(28,4)45-35)33(42)37(21-7-2)25-10-14-26(43-5)15-11-25/h6-7,10-17,28-30,39H,1-2,8-9,18-23H2,3-5H3/t28-,29+,30?,34+,35?/m1/s1. The predicted molar refractivity (Wildman–Crippen MR) is 178 cm³/mol. The number of anilines is 2. The van der Waals surface area contributed by atoms with Crippen LogP contribution in [0, 0.1) is 11.8 Å². The SMILES string of the molecule is C=CCN(C(=O)C1N(CCCO)C(=O)[C@@H]2[C@H](C(=O)N(CC=C)c3ccc(OCC)cc3)[C@]3(C)CCC12S3)c1ccc(OC)cc1. The lowest BCUT2D eigenvalue weighted by Crippen LogP contribution is -2.55. The van der Waals surface area contributed by atoms with Crippen LogP contribution in [0.4, 0.5) is 11.4 Å². The maximum atomic E-state index is 14.7. The van der Waals surface area contributed by atoms with E-state index in [0.717, 1.165) is 0 Å². The second kappa shape index (κ2) is 13.3. The third kappa shape index (κ3) is 5.63. The van der Waals surface area contributed by atoms with Crippen LogP contribution in [0.25, 0.3) is 0 Å². The molecule has 3 aliphatic heterocycles. The summed E-state index contributed by atoms with van der Waals surface area (Å²) in [5.41, 5.74) is 1.36. The van der Waals surface area contributed by atoms with E-state index in [1.54, 1.807) is 57.9 Å². The molecule has 0 saturated carbocycles. The normalized spacial score (nSPS) is 26.4. The van der Waals surface area contributed by atoms with Gasteiger partial charge in [-0.25, -0.2) is 0 Å². The average Bonchev–Trinajstić information content (AvgIpc) is 3.62. The van der Waals surface area contributed by atoms with Crippen LogP contribution in [0.2, 0.25) is 0 Å². The third-order valence-corrected chi connectivity index (χ3v) is 11.3. The van der Waals surface area contributed by atoms with Gasteiger partial charge in [0, 0.05) is 42.4 Å². The molecular weight excluding hydrogens is 590 g/mol. The van der Waals surface area contributed by atoms with E-state index in [4.69, 9.17) is 9.47 Å². The number of rotatable bonds is 14. The number of carbonyl (C=O) groups excluding carboxylic acids is 3. The fraction of sp³-hybridized carbons (Fsp3) is 0.457. The van der Waals surface area contributed by atoms with Gasteiger partial charge in [-0.1, -0.05) is 12.2 Å². The molecular formula is C35H43N3O6S. The summed E-state index contributed by atoms with van der Waals surface area (Å²) in [4.78, 5) is 48.8. The summed E-state index contributed by atoms with van der Waals surface area (Å²) in [5.74, 6) is -0.511. The van der Waals surface area contributed by atoms with Gasteiger partial charge in [0.05, 0.1) is 30.3 Å². The van der Waals surface area contributed by atoms with E-state index >= 15 is 0 Å². The monoisotopic (exact) mass is 633 g/mol. The maximum absolute atomic E-state index is 14.7. The van der Waals surface area contributed by atoms with Crippen LogP contribution in [0.5, 0.6) is 11.5 Å². The molecule has 10 heteroatoms. The van der Waals surface area contributed by atoms with Gasteiger partial charge in [0.2, 0.25) is 11.8 Å². The van der Waals surface area contributed by atoms with Gasteiger partial charge < -0.3 is 29.3 Å². The van der Waals surface area contributed by atoms with Crippen LogP contribution in [-0.2, 0) is 14.4 Å². The minimum atomic E-state index is -0.799. The number of methoxy groups -OCH3 is 1. The molecule has 2 unspecified atom stereocenters. The minimum absolute atomic E-state index is 0.116. The highest BCUT2D eigenvalue weighted by Gasteiger charge is 2.77. The van der Waals surface area contributed by atoms with Crippen molar-refractivity contribution >= 4 is 40.9 Å². The molecule has 0 aliphatic carbocycles. The Bertz CT molecular complexity index is 1430. The number of aliphatic hydroxyl groups is 1. The number of ether oxygens (including phenoxy) is 2. The Hall–Kier alpha value is -3.76. The molecule has 3 aliphatic rings. The number of nitrogens with zero attached hydrogens (tertiary/aromatic N) is 3. The molecule has 3 heterocycles. The number of carbonyl (C=O) groups is 3. The quantitative estimate of drug-likeness (QED) is 0.301. The zero-order valence-electron chi connectivity index (χ0n) is 26.3. The molecule has 45 heavy (non-hydrogen) atoms. The molecule has 9 nitrogen and oxygen atoms in total. The highest BCUT2D eigenvalue weighted by Crippen LogP contribution is 2.71. The number of aliphatic hydroxyl groups excluding tert-OH is 1. The van der Waals surface area contributed by atoms with Crippen molar-refractivity contribution in [2.24, 2.45) is 11.8 Å². The van der Waals surface area contributed by atoms with E-state index in [-0.39, 0.29) is 44.0 Å². The van der Waals surface area contributed by atoms with Crippen LogP contribution in [0.3, 0.4) is 0 Å². The second-order valence-corrected chi connectivity index (χ2v) is 13.8. The minimum Gasteiger partial charge on any atom is -0.497 e. The first-order valence-corrected chi connectivity index (χ1v) is 16.3. The van der Waals surface area contributed by atoms with E-state index < -0.39 is 27.4 Å². The number of hydrogen-bond acceptors (Lipinski definition) is 7. The molecule has 3 amide bonds. The van der Waals surface area contributed by atoms with Crippen LogP contribution >= 0.6 is 11.8 Å². The summed E-state index contributed by atoms with van der Waals surface area (Å²) in [6, 6.07) is 13.8. The summed E-state index contributed by atoms with van der Waals surface area (Å²) in [6.45, 7) is 12.9. The molecule has 5 rings (SSSR count). The lowest BCUT2D eigenvalue weighted by Gasteiger charge is -2.38. The molecule has 0 aromatic heterocycles.